The Morgan fingerprint density at radius 3 is 2.75 bits per heavy atom. The molecule has 126 valence electrons. The Bertz CT molecular complexity index is 739. The van der Waals surface area contributed by atoms with Crippen molar-refractivity contribution in [2.24, 2.45) is 0 Å². The Morgan fingerprint density at radius 2 is 2.08 bits per heavy atom. The first kappa shape index (κ1) is 15.5. The van der Waals surface area contributed by atoms with Gasteiger partial charge >= 0.3 is 5.97 Å². The Morgan fingerprint density at radius 1 is 1.38 bits per heavy atom. The van der Waals surface area contributed by atoms with E-state index >= 15 is 0 Å². The maximum absolute atomic E-state index is 12.5. The standard InChI is InChI=1S/C17H18N2O4S/c1-16-9-17(16,15(22)23-2)19-13(21)12(14(19)24-16)18-11(20)8-10-6-4-3-5-7-10/h3-7,12,14H,8-9H2,1-2H3,(H,18,20)/t12-,14-,16+,17+/m1/s1. The molecule has 0 aromatic heterocycles. The van der Waals surface area contributed by atoms with Crippen LogP contribution >= 0.6 is 11.8 Å². The Kier molecular flexibility index (Phi) is 3.22. The predicted octanol–water partition coefficient (Wildman–Crippen LogP) is 0.703. The van der Waals surface area contributed by atoms with E-state index in [1.165, 1.54) is 7.11 Å². The lowest BCUT2D eigenvalue weighted by Gasteiger charge is -2.46. The molecule has 1 saturated carbocycles. The normalized spacial score (nSPS) is 35.6. The second-order valence-electron chi connectivity index (χ2n) is 6.68. The number of hydrogen-bond acceptors (Lipinski definition) is 5. The Balaban J connectivity index is 1.45. The molecule has 2 amide bonds. The van der Waals surface area contributed by atoms with E-state index in [1.807, 2.05) is 37.3 Å². The van der Waals surface area contributed by atoms with Crippen LogP contribution in [0.15, 0.2) is 30.3 Å². The van der Waals surface area contributed by atoms with E-state index in [1.54, 1.807) is 16.7 Å². The van der Waals surface area contributed by atoms with Crippen LogP contribution < -0.4 is 5.32 Å². The monoisotopic (exact) mass is 346 g/mol. The molecular formula is C17H18N2O4S. The third-order valence-corrected chi connectivity index (χ3v) is 6.95. The van der Waals surface area contributed by atoms with Gasteiger partial charge in [0.05, 0.1) is 18.3 Å². The largest absolute Gasteiger partial charge is 0.467 e. The van der Waals surface area contributed by atoms with E-state index in [0.29, 0.717) is 6.42 Å². The number of esters is 1. The molecule has 7 heteroatoms. The molecule has 1 aliphatic carbocycles. The average Bonchev–Trinajstić information content (AvgIpc) is 3.11. The van der Waals surface area contributed by atoms with Crippen molar-refractivity contribution in [3.05, 3.63) is 35.9 Å². The van der Waals surface area contributed by atoms with Crippen LogP contribution in [0.4, 0.5) is 0 Å². The van der Waals surface area contributed by atoms with Gasteiger partial charge in [0.2, 0.25) is 11.8 Å². The van der Waals surface area contributed by atoms with Crippen molar-refractivity contribution in [1.82, 2.24) is 10.2 Å². The Labute approximate surface area is 143 Å². The van der Waals surface area contributed by atoms with Crippen LogP contribution in [0.3, 0.4) is 0 Å². The number of nitrogens with one attached hydrogen (secondary N) is 1. The lowest BCUT2D eigenvalue weighted by molar-refractivity contribution is -0.165. The highest BCUT2D eigenvalue weighted by Gasteiger charge is 2.85. The summed E-state index contributed by atoms with van der Waals surface area (Å²) in [6.07, 6.45) is 0.853. The third kappa shape index (κ3) is 1.87. The topological polar surface area (TPSA) is 75.7 Å². The zero-order valence-electron chi connectivity index (χ0n) is 13.4. The van der Waals surface area contributed by atoms with Gasteiger partial charge in [0, 0.05) is 6.42 Å². The fourth-order valence-corrected chi connectivity index (χ4v) is 5.79. The van der Waals surface area contributed by atoms with Gasteiger partial charge in [-0.1, -0.05) is 30.3 Å². The Hall–Kier alpha value is -2.02. The van der Waals surface area contributed by atoms with Crippen molar-refractivity contribution in [2.75, 3.05) is 7.11 Å². The molecule has 0 bridgehead atoms. The summed E-state index contributed by atoms with van der Waals surface area (Å²) < 4.78 is 4.60. The number of amides is 2. The van der Waals surface area contributed by atoms with Crippen LogP contribution in [-0.4, -0.2) is 51.5 Å². The summed E-state index contributed by atoms with van der Waals surface area (Å²) in [5, 5.41) is 2.63. The van der Waals surface area contributed by atoms with E-state index in [9.17, 15) is 14.4 Å². The SMILES string of the molecule is COC(=O)[C@@]12C[C@]1(C)S[C@@H]1[C@H](NC(=O)Cc3ccccc3)C(=O)N12. The number of ether oxygens (including phenoxy) is 1. The number of β-lactam (4-membered cyclic amide) rings is 1. The van der Waals surface area contributed by atoms with Gasteiger partial charge in [-0.15, -0.1) is 11.8 Å². The zero-order valence-corrected chi connectivity index (χ0v) is 14.3. The highest BCUT2D eigenvalue weighted by atomic mass is 32.2. The maximum atomic E-state index is 12.5. The fourth-order valence-electron chi connectivity index (χ4n) is 3.87. The molecule has 3 aliphatic rings. The van der Waals surface area contributed by atoms with Crippen LogP contribution in [0.25, 0.3) is 0 Å². The van der Waals surface area contributed by atoms with E-state index in [4.69, 9.17) is 4.74 Å². The third-order valence-electron chi connectivity index (χ3n) is 5.23. The number of fused-ring (bicyclic) bond motifs is 3. The molecule has 0 unspecified atom stereocenters. The van der Waals surface area contributed by atoms with Gasteiger partial charge in [0.25, 0.3) is 0 Å². The summed E-state index contributed by atoms with van der Waals surface area (Å²) in [6.45, 7) is 1.98. The summed E-state index contributed by atoms with van der Waals surface area (Å²) in [4.78, 5) is 38.5. The average molecular weight is 346 g/mol. The van der Waals surface area contributed by atoms with Crippen LogP contribution in [0.1, 0.15) is 18.9 Å². The summed E-state index contributed by atoms with van der Waals surface area (Å²) in [7, 11) is 1.34. The molecule has 0 radical (unpaired) electrons. The highest BCUT2D eigenvalue weighted by molar-refractivity contribution is 8.02. The zero-order chi connectivity index (χ0) is 17.1. The minimum Gasteiger partial charge on any atom is -0.467 e. The number of benzene rings is 1. The molecular weight excluding hydrogens is 328 g/mol. The number of hydrogen-bond donors (Lipinski definition) is 1. The smallest absolute Gasteiger partial charge is 0.333 e. The van der Waals surface area contributed by atoms with Gasteiger partial charge in [0.1, 0.15) is 11.4 Å². The molecule has 1 N–H and O–H groups in total. The van der Waals surface area contributed by atoms with E-state index < -0.39 is 11.6 Å². The molecule has 2 aliphatic heterocycles. The first-order valence-electron chi connectivity index (χ1n) is 7.86. The molecule has 4 atom stereocenters. The maximum Gasteiger partial charge on any atom is 0.333 e. The van der Waals surface area contributed by atoms with Crippen molar-refractivity contribution in [3.8, 4) is 0 Å². The minimum atomic E-state index is -0.838. The summed E-state index contributed by atoms with van der Waals surface area (Å²) in [6, 6.07) is 8.84. The number of carbonyl (C=O) groups excluding carboxylic acids is 3. The number of rotatable bonds is 4. The van der Waals surface area contributed by atoms with Gasteiger partial charge in [-0.2, -0.15) is 0 Å². The van der Waals surface area contributed by atoms with Crippen molar-refractivity contribution in [3.63, 3.8) is 0 Å². The first-order chi connectivity index (χ1) is 11.4. The first-order valence-corrected chi connectivity index (χ1v) is 8.74. The van der Waals surface area contributed by atoms with Crippen LogP contribution in [0.5, 0.6) is 0 Å². The summed E-state index contributed by atoms with van der Waals surface area (Å²) in [5.41, 5.74) is 0.0630. The summed E-state index contributed by atoms with van der Waals surface area (Å²) in [5.74, 6) is -0.736. The molecule has 3 fully saturated rings. The predicted molar refractivity (Wildman–Crippen MR) is 88.1 cm³/mol. The van der Waals surface area contributed by atoms with Crippen LogP contribution in [0, 0.1) is 0 Å². The highest BCUT2D eigenvalue weighted by Crippen LogP contribution is 2.72. The van der Waals surface area contributed by atoms with Gasteiger partial charge in [-0.25, -0.2) is 4.79 Å². The van der Waals surface area contributed by atoms with Crippen LogP contribution in [-0.2, 0) is 25.5 Å². The molecule has 2 heterocycles. The quantitative estimate of drug-likeness (QED) is 0.642. The number of thioether (sulfide) groups is 1. The van der Waals surface area contributed by atoms with Crippen molar-refractivity contribution in [1.29, 1.82) is 0 Å². The van der Waals surface area contributed by atoms with Crippen molar-refractivity contribution >= 4 is 29.5 Å². The van der Waals surface area contributed by atoms with Crippen LogP contribution in [0.2, 0.25) is 0 Å². The summed E-state index contributed by atoms with van der Waals surface area (Å²) >= 11 is 1.58. The molecule has 1 aromatic rings. The van der Waals surface area contributed by atoms with Crippen molar-refractivity contribution < 1.29 is 19.1 Å². The van der Waals surface area contributed by atoms with E-state index in [-0.39, 0.29) is 34.3 Å². The van der Waals surface area contributed by atoms with Gasteiger partial charge < -0.3 is 15.0 Å². The number of carbonyl (C=O) groups is 3. The molecule has 24 heavy (non-hydrogen) atoms. The molecule has 2 saturated heterocycles. The number of methoxy groups -OCH3 is 1. The second-order valence-corrected chi connectivity index (χ2v) is 8.30. The van der Waals surface area contributed by atoms with Gasteiger partial charge in [-0.05, 0) is 12.5 Å². The van der Waals surface area contributed by atoms with Crippen molar-refractivity contribution in [2.45, 2.75) is 41.5 Å². The second kappa shape index (κ2) is 4.99. The van der Waals surface area contributed by atoms with E-state index in [0.717, 1.165) is 5.56 Å². The molecule has 0 spiro atoms. The molecule has 4 rings (SSSR count). The lowest BCUT2D eigenvalue weighted by atomic mass is 10.00. The minimum absolute atomic E-state index is 0.183. The lowest BCUT2D eigenvalue weighted by Crippen LogP contribution is -2.72. The molecule has 1 aromatic carbocycles. The van der Waals surface area contributed by atoms with E-state index in [2.05, 4.69) is 5.32 Å². The molecule has 6 nitrogen and oxygen atoms in total. The van der Waals surface area contributed by atoms with Gasteiger partial charge in [0.15, 0.2) is 5.54 Å². The fraction of sp³-hybridized carbons (Fsp3) is 0.471. The number of nitrogens with zero attached hydrogens (tertiary/aromatic N) is 1. The van der Waals surface area contributed by atoms with Gasteiger partial charge in [-0.3, -0.25) is 9.59 Å².